The Balaban J connectivity index is 2.03. The number of carbonyl (C=O) groups is 1. The van der Waals surface area contributed by atoms with E-state index in [1.54, 1.807) is 0 Å². The van der Waals surface area contributed by atoms with Gasteiger partial charge in [-0.3, -0.25) is 9.78 Å². The molecule has 3 rings (SSSR count). The number of aliphatic hydroxyl groups excluding tert-OH is 2. The number of rotatable bonds is 8. The Morgan fingerprint density at radius 2 is 1.97 bits per heavy atom. The maximum Gasteiger partial charge on any atom is 0.417 e. The van der Waals surface area contributed by atoms with E-state index in [1.807, 2.05) is 0 Å². The summed E-state index contributed by atoms with van der Waals surface area (Å²) >= 11 is 0. The van der Waals surface area contributed by atoms with Crippen LogP contribution in [0.3, 0.4) is 0 Å². The molecule has 0 bridgehead atoms. The van der Waals surface area contributed by atoms with Crippen molar-refractivity contribution in [2.24, 2.45) is 5.92 Å². The van der Waals surface area contributed by atoms with E-state index < -0.39 is 79.0 Å². The van der Waals surface area contributed by atoms with Crippen LogP contribution in [0.15, 0.2) is 30.5 Å². The van der Waals surface area contributed by atoms with Crippen LogP contribution in [0.1, 0.15) is 37.1 Å². The minimum atomic E-state index is -4.94. The van der Waals surface area contributed by atoms with Crippen molar-refractivity contribution < 1.29 is 50.8 Å². The van der Waals surface area contributed by atoms with Gasteiger partial charge in [-0.05, 0) is 25.1 Å². The Kier molecular flexibility index (Phi) is 8.16. The number of halogens is 6. The lowest BCUT2D eigenvalue weighted by molar-refractivity contribution is -0.272. The Labute approximate surface area is 202 Å². The molecule has 1 aliphatic rings. The highest BCUT2D eigenvalue weighted by atomic mass is 19.4. The molecule has 36 heavy (non-hydrogen) atoms. The molecule has 7 nitrogen and oxygen atoms in total. The van der Waals surface area contributed by atoms with Gasteiger partial charge in [0.25, 0.3) is 5.91 Å². The van der Waals surface area contributed by atoms with E-state index in [-0.39, 0.29) is 16.9 Å². The summed E-state index contributed by atoms with van der Waals surface area (Å²) in [7, 11) is 0. The molecule has 2 aromatic rings. The maximum atomic E-state index is 14.6. The zero-order valence-electron chi connectivity index (χ0n) is 19.2. The second-order valence-corrected chi connectivity index (χ2v) is 8.43. The van der Waals surface area contributed by atoms with Crippen molar-refractivity contribution in [3.05, 3.63) is 53.4 Å². The summed E-state index contributed by atoms with van der Waals surface area (Å²) in [6, 6.07) is 4.23. The average molecular weight is 522 g/mol. The number of benzene rings is 1. The van der Waals surface area contributed by atoms with Crippen molar-refractivity contribution in [3.63, 3.8) is 0 Å². The van der Waals surface area contributed by atoms with Gasteiger partial charge in [0.1, 0.15) is 25.5 Å². The number of hydrogen-bond acceptors (Lipinski definition) is 6. The second kappa shape index (κ2) is 10.6. The molecule has 0 saturated carbocycles. The molecule has 1 amide bonds. The molecule has 5 atom stereocenters. The molecule has 0 aliphatic carbocycles. The molecule has 1 saturated heterocycles. The van der Waals surface area contributed by atoms with E-state index in [1.165, 1.54) is 12.1 Å². The molecule has 2 heterocycles. The minimum Gasteiger partial charge on any atom is -0.487 e. The topological polar surface area (TPSA) is 101 Å². The third-order valence-electron chi connectivity index (χ3n) is 6.26. The minimum absolute atomic E-state index is 0.0312. The third kappa shape index (κ3) is 5.13. The SMILES string of the molecule is C[C@H]1[C@@H](c2ccc(F)c(F)c2OCCF)[C@H](C(=O)Nc2ccc([C@@H](O)CO)nc2)O[C@@]1(C)C(F)(F)F. The van der Waals surface area contributed by atoms with Gasteiger partial charge < -0.3 is 25.0 Å². The van der Waals surface area contributed by atoms with E-state index >= 15 is 0 Å². The number of aliphatic hydroxyl groups is 2. The van der Waals surface area contributed by atoms with Gasteiger partial charge in [-0.2, -0.15) is 17.6 Å². The zero-order valence-corrected chi connectivity index (χ0v) is 19.2. The molecular formula is C23H24F6N2O5. The highest BCUT2D eigenvalue weighted by Crippen LogP contribution is 2.55. The van der Waals surface area contributed by atoms with Gasteiger partial charge in [-0.1, -0.05) is 13.0 Å². The van der Waals surface area contributed by atoms with E-state index in [4.69, 9.17) is 14.6 Å². The fourth-order valence-corrected chi connectivity index (χ4v) is 4.10. The van der Waals surface area contributed by atoms with Crippen LogP contribution in [-0.4, -0.2) is 58.9 Å². The molecule has 13 heteroatoms. The smallest absolute Gasteiger partial charge is 0.417 e. The van der Waals surface area contributed by atoms with Crippen molar-refractivity contribution in [2.75, 3.05) is 25.2 Å². The fraction of sp³-hybridized carbons (Fsp3) is 0.478. The predicted octanol–water partition coefficient (Wildman–Crippen LogP) is 3.81. The van der Waals surface area contributed by atoms with Crippen LogP contribution in [-0.2, 0) is 9.53 Å². The van der Waals surface area contributed by atoms with Crippen molar-refractivity contribution in [2.45, 2.75) is 43.8 Å². The summed E-state index contributed by atoms with van der Waals surface area (Å²) in [6.45, 7) is -0.485. The molecule has 1 fully saturated rings. The standard InChI is InChI=1S/C23H24F6N2O5/c1-11-17(13-4-5-14(25)18(26)19(13)35-8-7-24)20(36-22(11,2)23(27,28)29)21(34)31-12-3-6-15(30-9-12)16(33)10-32/h3-6,9,11,16-17,20,32-33H,7-8,10H2,1-2H3,(H,31,34)/t11-,16-,17-,20+,22+/m0/s1. The lowest BCUT2D eigenvalue weighted by Crippen LogP contribution is -2.47. The number of ether oxygens (including phenoxy) is 2. The largest absolute Gasteiger partial charge is 0.487 e. The Hall–Kier alpha value is -2.90. The van der Waals surface area contributed by atoms with Crippen molar-refractivity contribution >= 4 is 11.6 Å². The van der Waals surface area contributed by atoms with Crippen LogP contribution >= 0.6 is 0 Å². The normalized spacial score (nSPS) is 25.0. The summed E-state index contributed by atoms with van der Waals surface area (Å²) in [5.41, 5.74) is -3.03. The van der Waals surface area contributed by atoms with E-state index in [2.05, 4.69) is 10.3 Å². The first-order valence-corrected chi connectivity index (χ1v) is 10.8. The van der Waals surface area contributed by atoms with Gasteiger partial charge >= 0.3 is 6.18 Å². The van der Waals surface area contributed by atoms with Gasteiger partial charge in [0.2, 0.25) is 5.82 Å². The van der Waals surface area contributed by atoms with E-state index in [0.717, 1.165) is 26.1 Å². The molecular weight excluding hydrogens is 498 g/mol. The Morgan fingerprint density at radius 3 is 2.53 bits per heavy atom. The quantitative estimate of drug-likeness (QED) is 0.456. The molecule has 0 spiro atoms. The van der Waals surface area contributed by atoms with Crippen LogP contribution in [0.25, 0.3) is 0 Å². The maximum absolute atomic E-state index is 14.6. The highest BCUT2D eigenvalue weighted by molar-refractivity contribution is 5.95. The average Bonchev–Trinajstić information content (AvgIpc) is 3.12. The zero-order chi connectivity index (χ0) is 26.8. The number of nitrogens with zero attached hydrogens (tertiary/aromatic N) is 1. The van der Waals surface area contributed by atoms with E-state index in [9.17, 15) is 36.2 Å². The van der Waals surface area contributed by atoms with Crippen LogP contribution < -0.4 is 10.1 Å². The predicted molar refractivity (Wildman–Crippen MR) is 114 cm³/mol. The van der Waals surface area contributed by atoms with Crippen LogP contribution in [0.4, 0.5) is 32.0 Å². The van der Waals surface area contributed by atoms with Gasteiger partial charge in [-0.25, -0.2) is 8.78 Å². The molecule has 1 aliphatic heterocycles. The molecule has 3 N–H and O–H groups in total. The van der Waals surface area contributed by atoms with Crippen LogP contribution in [0.2, 0.25) is 0 Å². The third-order valence-corrected chi connectivity index (χ3v) is 6.26. The van der Waals surface area contributed by atoms with E-state index in [0.29, 0.717) is 6.07 Å². The molecule has 0 unspecified atom stereocenters. The van der Waals surface area contributed by atoms with Crippen molar-refractivity contribution in [1.29, 1.82) is 0 Å². The number of carbonyl (C=O) groups excluding carboxylic acids is 1. The molecule has 198 valence electrons. The fourth-order valence-electron chi connectivity index (χ4n) is 4.10. The van der Waals surface area contributed by atoms with Crippen LogP contribution in [0, 0.1) is 17.6 Å². The van der Waals surface area contributed by atoms with Gasteiger partial charge in [0.15, 0.2) is 17.2 Å². The van der Waals surface area contributed by atoms with Gasteiger partial charge in [-0.15, -0.1) is 0 Å². The highest BCUT2D eigenvalue weighted by Gasteiger charge is 2.65. The first-order valence-electron chi connectivity index (χ1n) is 10.8. The summed E-state index contributed by atoms with van der Waals surface area (Å²) in [5.74, 6) is -7.69. The molecule has 0 radical (unpaired) electrons. The van der Waals surface area contributed by atoms with Crippen LogP contribution in [0.5, 0.6) is 5.75 Å². The van der Waals surface area contributed by atoms with Crippen molar-refractivity contribution in [1.82, 2.24) is 4.98 Å². The van der Waals surface area contributed by atoms with Crippen molar-refractivity contribution in [3.8, 4) is 5.75 Å². The molecule has 1 aromatic carbocycles. The monoisotopic (exact) mass is 522 g/mol. The number of anilines is 1. The number of hydrogen-bond donors (Lipinski definition) is 3. The summed E-state index contributed by atoms with van der Waals surface area (Å²) in [6.07, 6.45) is -6.95. The number of pyridine rings is 1. The second-order valence-electron chi connectivity index (χ2n) is 8.43. The van der Waals surface area contributed by atoms with Gasteiger partial charge in [0, 0.05) is 17.4 Å². The summed E-state index contributed by atoms with van der Waals surface area (Å²) in [5, 5.41) is 21.0. The van der Waals surface area contributed by atoms with Gasteiger partial charge in [0.05, 0.1) is 24.2 Å². The molecule has 1 aromatic heterocycles. The first-order chi connectivity index (χ1) is 16.9. The number of amides is 1. The lowest BCUT2D eigenvalue weighted by Gasteiger charge is -2.32. The Bertz CT molecular complexity index is 1080. The number of nitrogens with one attached hydrogen (secondary N) is 1. The summed E-state index contributed by atoms with van der Waals surface area (Å²) < 4.78 is 93.5. The lowest BCUT2D eigenvalue weighted by atomic mass is 9.77. The first kappa shape index (κ1) is 27.7. The number of aromatic nitrogens is 1. The number of alkyl halides is 4. The Morgan fingerprint density at radius 1 is 1.28 bits per heavy atom. The summed E-state index contributed by atoms with van der Waals surface area (Å²) in [4.78, 5) is 17.0.